The summed E-state index contributed by atoms with van der Waals surface area (Å²) in [6.07, 6.45) is 2.04. The fourth-order valence-corrected chi connectivity index (χ4v) is 3.00. The molecule has 0 saturated carbocycles. The van der Waals surface area contributed by atoms with E-state index in [9.17, 15) is 14.4 Å². The van der Waals surface area contributed by atoms with Gasteiger partial charge >= 0.3 is 12.0 Å². The topological polar surface area (TPSA) is 81.2 Å². The maximum absolute atomic E-state index is 12.6. The zero-order valence-electron chi connectivity index (χ0n) is 12.6. The Morgan fingerprint density at radius 1 is 1.43 bits per heavy atom. The van der Waals surface area contributed by atoms with E-state index in [-0.39, 0.29) is 30.6 Å². The highest BCUT2D eigenvalue weighted by atomic mass is 16.4. The molecule has 0 spiro atoms. The zero-order chi connectivity index (χ0) is 15.6. The Hall–Kier alpha value is -1.79. The van der Waals surface area contributed by atoms with Gasteiger partial charge in [-0.3, -0.25) is 9.59 Å². The van der Waals surface area contributed by atoms with Crippen LogP contribution in [-0.4, -0.2) is 76.0 Å². The summed E-state index contributed by atoms with van der Waals surface area (Å²) < 4.78 is 0. The number of hydrogen-bond acceptors (Lipinski definition) is 3. The number of carbonyl (C=O) groups is 3. The molecule has 2 aliphatic rings. The van der Waals surface area contributed by atoms with Crippen molar-refractivity contribution in [2.75, 3.05) is 26.2 Å². The third-order valence-electron chi connectivity index (χ3n) is 4.44. The molecule has 0 bridgehead atoms. The Bertz CT molecular complexity index is 440. The fourth-order valence-electron chi connectivity index (χ4n) is 3.00. The van der Waals surface area contributed by atoms with E-state index in [1.807, 2.05) is 18.7 Å². The number of nitrogens with zero attached hydrogens (tertiary/aromatic N) is 3. The Balaban J connectivity index is 2.03. The molecule has 0 aromatic carbocycles. The summed E-state index contributed by atoms with van der Waals surface area (Å²) in [5.74, 6) is -0.838. The van der Waals surface area contributed by atoms with Gasteiger partial charge < -0.3 is 19.8 Å². The Morgan fingerprint density at radius 3 is 2.76 bits per heavy atom. The van der Waals surface area contributed by atoms with Gasteiger partial charge in [-0.1, -0.05) is 6.92 Å². The van der Waals surface area contributed by atoms with Crippen LogP contribution in [0.25, 0.3) is 0 Å². The maximum Gasteiger partial charge on any atom is 0.323 e. The molecule has 2 saturated heterocycles. The number of amides is 3. The van der Waals surface area contributed by atoms with Crippen molar-refractivity contribution in [2.24, 2.45) is 0 Å². The number of rotatable bonds is 4. The molecule has 2 atom stereocenters. The molecular weight excluding hydrogens is 274 g/mol. The lowest BCUT2D eigenvalue weighted by molar-refractivity contribution is -0.138. The number of fused-ring (bicyclic) bond motifs is 1. The predicted molar refractivity (Wildman–Crippen MR) is 75.8 cm³/mol. The van der Waals surface area contributed by atoms with Gasteiger partial charge in [0.15, 0.2) is 0 Å². The van der Waals surface area contributed by atoms with Crippen LogP contribution in [0.5, 0.6) is 0 Å². The molecule has 2 rings (SSSR count). The molecule has 0 aromatic heterocycles. The molecule has 0 radical (unpaired) electrons. The smallest absolute Gasteiger partial charge is 0.323 e. The summed E-state index contributed by atoms with van der Waals surface area (Å²) >= 11 is 0. The van der Waals surface area contributed by atoms with Gasteiger partial charge in [-0.15, -0.1) is 0 Å². The van der Waals surface area contributed by atoms with Gasteiger partial charge in [0.1, 0.15) is 6.54 Å². The van der Waals surface area contributed by atoms with Crippen LogP contribution in [0.1, 0.15) is 33.1 Å². The van der Waals surface area contributed by atoms with Crippen LogP contribution in [0, 0.1) is 0 Å². The van der Waals surface area contributed by atoms with Crippen LogP contribution < -0.4 is 0 Å². The minimum absolute atomic E-state index is 0.0961. The quantitative estimate of drug-likeness (QED) is 0.824. The average molecular weight is 297 g/mol. The molecule has 7 heteroatoms. The monoisotopic (exact) mass is 297 g/mol. The van der Waals surface area contributed by atoms with Gasteiger partial charge in [-0.05, 0) is 19.8 Å². The van der Waals surface area contributed by atoms with Crippen LogP contribution >= 0.6 is 0 Å². The summed E-state index contributed by atoms with van der Waals surface area (Å²) in [7, 11) is 0. The van der Waals surface area contributed by atoms with E-state index in [4.69, 9.17) is 5.11 Å². The molecule has 0 aromatic rings. The largest absolute Gasteiger partial charge is 0.480 e. The van der Waals surface area contributed by atoms with Crippen molar-refractivity contribution >= 4 is 17.9 Å². The molecule has 2 unspecified atom stereocenters. The first kappa shape index (κ1) is 15.6. The molecule has 3 amide bonds. The number of carbonyl (C=O) groups excluding carboxylic acids is 2. The van der Waals surface area contributed by atoms with Crippen molar-refractivity contribution in [3.8, 4) is 0 Å². The van der Waals surface area contributed by atoms with Crippen molar-refractivity contribution in [3.05, 3.63) is 0 Å². The second-order valence-corrected chi connectivity index (χ2v) is 5.79. The van der Waals surface area contributed by atoms with E-state index in [1.165, 1.54) is 4.90 Å². The number of aliphatic carboxylic acids is 1. The van der Waals surface area contributed by atoms with E-state index >= 15 is 0 Å². The third-order valence-corrected chi connectivity index (χ3v) is 4.44. The SMILES string of the molecule is CCC(C)N(CC(=O)O)C(=O)N1CCN2C(=O)CCC2C1. The van der Waals surface area contributed by atoms with Gasteiger partial charge in [0.05, 0.1) is 0 Å². The lowest BCUT2D eigenvalue weighted by atomic mass is 10.1. The second-order valence-electron chi connectivity index (χ2n) is 5.79. The van der Waals surface area contributed by atoms with Gasteiger partial charge in [-0.2, -0.15) is 0 Å². The van der Waals surface area contributed by atoms with Crippen molar-refractivity contribution in [2.45, 2.75) is 45.2 Å². The van der Waals surface area contributed by atoms with Crippen molar-refractivity contribution in [1.82, 2.24) is 14.7 Å². The van der Waals surface area contributed by atoms with Gasteiger partial charge in [0, 0.05) is 38.1 Å². The van der Waals surface area contributed by atoms with Crippen LogP contribution in [0.4, 0.5) is 4.79 Å². The van der Waals surface area contributed by atoms with Gasteiger partial charge in [-0.25, -0.2) is 4.79 Å². The van der Waals surface area contributed by atoms with E-state index in [0.29, 0.717) is 32.5 Å². The van der Waals surface area contributed by atoms with Crippen LogP contribution in [0.15, 0.2) is 0 Å². The lowest BCUT2D eigenvalue weighted by Gasteiger charge is -2.40. The van der Waals surface area contributed by atoms with E-state index < -0.39 is 5.97 Å². The second kappa shape index (κ2) is 6.32. The summed E-state index contributed by atoms with van der Waals surface area (Å²) in [5.41, 5.74) is 0. The van der Waals surface area contributed by atoms with Crippen molar-refractivity contribution in [3.63, 3.8) is 0 Å². The molecule has 7 nitrogen and oxygen atoms in total. The van der Waals surface area contributed by atoms with Gasteiger partial charge in [0.2, 0.25) is 5.91 Å². The van der Waals surface area contributed by atoms with E-state index in [1.54, 1.807) is 4.90 Å². The number of carboxylic acid groups (broad SMARTS) is 1. The highest BCUT2D eigenvalue weighted by molar-refractivity contribution is 5.82. The lowest BCUT2D eigenvalue weighted by Crippen LogP contribution is -2.57. The highest BCUT2D eigenvalue weighted by Crippen LogP contribution is 2.23. The fraction of sp³-hybridized carbons (Fsp3) is 0.786. The third kappa shape index (κ3) is 3.28. The minimum atomic E-state index is -1.00. The summed E-state index contributed by atoms with van der Waals surface area (Å²) in [5, 5.41) is 9.00. The number of piperazine rings is 1. The number of carboxylic acids is 1. The summed E-state index contributed by atoms with van der Waals surface area (Å²) in [4.78, 5) is 40.2. The molecule has 2 fully saturated rings. The number of hydrogen-bond donors (Lipinski definition) is 1. The van der Waals surface area contributed by atoms with E-state index in [0.717, 1.165) is 6.42 Å². The predicted octanol–water partition coefficient (Wildman–Crippen LogP) is 0.598. The molecular formula is C14H23N3O4. The molecule has 0 aliphatic carbocycles. The Kier molecular flexibility index (Phi) is 4.69. The summed E-state index contributed by atoms with van der Waals surface area (Å²) in [6, 6.07) is -0.249. The molecule has 2 aliphatic heterocycles. The van der Waals surface area contributed by atoms with Crippen LogP contribution in [-0.2, 0) is 9.59 Å². The normalized spacial score (nSPS) is 23.0. The molecule has 2 heterocycles. The molecule has 21 heavy (non-hydrogen) atoms. The maximum atomic E-state index is 12.6. The zero-order valence-corrected chi connectivity index (χ0v) is 12.6. The van der Waals surface area contributed by atoms with Crippen molar-refractivity contribution < 1.29 is 19.5 Å². The number of urea groups is 1. The first-order valence-electron chi connectivity index (χ1n) is 7.50. The highest BCUT2D eigenvalue weighted by Gasteiger charge is 2.38. The molecule has 118 valence electrons. The average Bonchev–Trinajstić information content (AvgIpc) is 2.84. The van der Waals surface area contributed by atoms with Crippen LogP contribution in [0.3, 0.4) is 0 Å². The summed E-state index contributed by atoms with van der Waals surface area (Å²) in [6.45, 7) is 5.05. The molecule has 1 N–H and O–H groups in total. The Morgan fingerprint density at radius 2 is 2.14 bits per heavy atom. The van der Waals surface area contributed by atoms with Crippen LogP contribution in [0.2, 0.25) is 0 Å². The first-order chi connectivity index (χ1) is 9.93. The standard InChI is InChI=1S/C14H23N3O4/c1-3-10(2)17(9-13(19)20)14(21)15-6-7-16-11(8-15)4-5-12(16)18/h10-11H,3-9H2,1-2H3,(H,19,20). The minimum Gasteiger partial charge on any atom is -0.480 e. The van der Waals surface area contributed by atoms with Crippen molar-refractivity contribution in [1.29, 1.82) is 0 Å². The Labute approximate surface area is 124 Å². The first-order valence-corrected chi connectivity index (χ1v) is 7.50. The van der Waals surface area contributed by atoms with Gasteiger partial charge in [0.25, 0.3) is 0 Å². The van der Waals surface area contributed by atoms with E-state index in [2.05, 4.69) is 0 Å².